The first-order chi connectivity index (χ1) is 8.14. The number of rotatable bonds is 4. The van der Waals surface area contributed by atoms with E-state index in [9.17, 15) is 14.6 Å². The largest absolute Gasteiger partial charge is 0.393 e. The lowest BCUT2D eigenvalue weighted by Gasteiger charge is -2.26. The average molecular weight is 237 g/mol. The van der Waals surface area contributed by atoms with Crippen LogP contribution in [0, 0.1) is 5.82 Å². The Morgan fingerprint density at radius 2 is 2.00 bits per heavy atom. The van der Waals surface area contributed by atoms with Gasteiger partial charge in [-0.3, -0.25) is 0 Å². The van der Waals surface area contributed by atoms with Crippen molar-refractivity contribution in [1.82, 2.24) is 14.8 Å². The predicted molar refractivity (Wildman–Crippen MR) is 57.4 cm³/mol. The smallest absolute Gasteiger partial charge is 0.137 e. The highest BCUT2D eigenvalue weighted by Gasteiger charge is 2.29. The Kier molecular flexibility index (Phi) is 3.16. The molecule has 0 aliphatic rings. The normalized spacial score (nSPS) is 14.5. The number of nitrogens with zero attached hydrogens (tertiary/aromatic N) is 3. The van der Waals surface area contributed by atoms with Crippen molar-refractivity contribution in [2.45, 2.75) is 12.1 Å². The van der Waals surface area contributed by atoms with Crippen LogP contribution in [0.1, 0.15) is 5.56 Å². The van der Waals surface area contributed by atoms with Gasteiger partial charge in [0, 0.05) is 0 Å². The van der Waals surface area contributed by atoms with E-state index in [-0.39, 0.29) is 6.54 Å². The molecule has 0 aliphatic carbocycles. The zero-order valence-corrected chi connectivity index (χ0v) is 8.99. The van der Waals surface area contributed by atoms with Gasteiger partial charge in [0.2, 0.25) is 0 Å². The molecule has 1 unspecified atom stereocenters. The Morgan fingerprint density at radius 3 is 2.53 bits per heavy atom. The molecule has 1 heterocycles. The minimum absolute atomic E-state index is 0.0507. The van der Waals surface area contributed by atoms with Crippen LogP contribution in [0.4, 0.5) is 4.39 Å². The predicted octanol–water partition coefficient (Wildman–Crippen LogP) is 0.297. The van der Waals surface area contributed by atoms with Crippen LogP contribution < -0.4 is 0 Å². The number of hydrogen-bond donors (Lipinski definition) is 2. The molecule has 6 heteroatoms. The van der Waals surface area contributed by atoms with E-state index < -0.39 is 18.0 Å². The number of aliphatic hydroxyl groups excluding tert-OH is 1. The SMILES string of the molecule is OCC(O)(Cn1cncn1)c1ccc(F)cc1. The lowest BCUT2D eigenvalue weighted by atomic mass is 9.95. The lowest BCUT2D eigenvalue weighted by molar-refractivity contribution is -0.0357. The molecule has 0 amide bonds. The summed E-state index contributed by atoms with van der Waals surface area (Å²) >= 11 is 0. The summed E-state index contributed by atoms with van der Waals surface area (Å²) in [5, 5.41) is 23.4. The third kappa shape index (κ3) is 2.48. The van der Waals surface area contributed by atoms with Crippen LogP contribution in [-0.4, -0.2) is 31.6 Å². The maximum Gasteiger partial charge on any atom is 0.137 e. The minimum Gasteiger partial charge on any atom is -0.393 e. The maximum atomic E-state index is 12.8. The van der Waals surface area contributed by atoms with Crippen LogP contribution >= 0.6 is 0 Å². The maximum absolute atomic E-state index is 12.8. The van der Waals surface area contributed by atoms with Gasteiger partial charge in [-0.25, -0.2) is 14.1 Å². The first-order valence-electron chi connectivity index (χ1n) is 5.06. The zero-order valence-electron chi connectivity index (χ0n) is 8.99. The molecule has 90 valence electrons. The van der Waals surface area contributed by atoms with E-state index in [1.165, 1.54) is 41.6 Å². The van der Waals surface area contributed by atoms with Gasteiger partial charge in [-0.15, -0.1) is 0 Å². The summed E-state index contributed by atoms with van der Waals surface area (Å²) in [6, 6.07) is 5.33. The van der Waals surface area contributed by atoms with Crippen LogP contribution in [0.5, 0.6) is 0 Å². The molecule has 0 saturated heterocycles. The average Bonchev–Trinajstić information content (AvgIpc) is 2.82. The van der Waals surface area contributed by atoms with E-state index in [0.717, 1.165) is 0 Å². The molecule has 2 N–H and O–H groups in total. The molecule has 0 aliphatic heterocycles. The first-order valence-corrected chi connectivity index (χ1v) is 5.06. The van der Waals surface area contributed by atoms with Gasteiger partial charge in [0.15, 0.2) is 0 Å². The van der Waals surface area contributed by atoms with Crippen molar-refractivity contribution < 1.29 is 14.6 Å². The first kappa shape index (κ1) is 11.7. The van der Waals surface area contributed by atoms with Gasteiger partial charge in [0.1, 0.15) is 24.1 Å². The standard InChI is InChI=1S/C11H12FN3O2/c12-10-3-1-9(2-4-10)11(17,6-16)5-15-8-13-7-14-15/h1-4,7-8,16-17H,5-6H2. The van der Waals surface area contributed by atoms with Crippen LogP contribution in [0.15, 0.2) is 36.9 Å². The molecular formula is C11H12FN3O2. The topological polar surface area (TPSA) is 71.2 Å². The monoisotopic (exact) mass is 237 g/mol. The Morgan fingerprint density at radius 1 is 1.29 bits per heavy atom. The van der Waals surface area contributed by atoms with Gasteiger partial charge < -0.3 is 10.2 Å². The summed E-state index contributed by atoms with van der Waals surface area (Å²) in [5.74, 6) is -0.394. The van der Waals surface area contributed by atoms with Crippen molar-refractivity contribution in [3.63, 3.8) is 0 Å². The Hall–Kier alpha value is -1.79. The van der Waals surface area contributed by atoms with Gasteiger partial charge in [-0.05, 0) is 17.7 Å². The molecule has 1 atom stereocenters. The number of hydrogen-bond acceptors (Lipinski definition) is 4. The van der Waals surface area contributed by atoms with Crippen molar-refractivity contribution in [1.29, 1.82) is 0 Å². The van der Waals surface area contributed by atoms with E-state index in [2.05, 4.69) is 10.1 Å². The molecule has 0 saturated carbocycles. The fourth-order valence-corrected chi connectivity index (χ4v) is 1.58. The number of benzene rings is 1. The summed E-state index contributed by atoms with van der Waals surface area (Å²) in [6.07, 6.45) is 2.77. The second-order valence-corrected chi connectivity index (χ2v) is 3.79. The van der Waals surface area contributed by atoms with Gasteiger partial charge in [-0.2, -0.15) is 5.10 Å². The summed E-state index contributed by atoms with van der Waals surface area (Å²) in [6.45, 7) is -0.437. The Bertz CT molecular complexity index is 472. The van der Waals surface area contributed by atoms with Crippen molar-refractivity contribution in [3.05, 3.63) is 48.3 Å². The van der Waals surface area contributed by atoms with E-state index in [0.29, 0.717) is 5.56 Å². The van der Waals surface area contributed by atoms with Crippen molar-refractivity contribution in [3.8, 4) is 0 Å². The highest BCUT2D eigenvalue weighted by molar-refractivity contribution is 5.23. The van der Waals surface area contributed by atoms with Crippen LogP contribution in [0.3, 0.4) is 0 Å². The summed E-state index contributed by atoms with van der Waals surface area (Å²) in [5.41, 5.74) is -1.07. The fourth-order valence-electron chi connectivity index (χ4n) is 1.58. The van der Waals surface area contributed by atoms with E-state index >= 15 is 0 Å². The Balaban J connectivity index is 2.27. The lowest BCUT2D eigenvalue weighted by Crippen LogP contribution is -2.35. The van der Waals surface area contributed by atoms with Crippen molar-refractivity contribution in [2.75, 3.05) is 6.61 Å². The number of halogens is 1. The fraction of sp³-hybridized carbons (Fsp3) is 0.273. The summed E-state index contributed by atoms with van der Waals surface area (Å²) in [7, 11) is 0. The third-order valence-corrected chi connectivity index (χ3v) is 2.53. The molecule has 5 nitrogen and oxygen atoms in total. The molecule has 0 bridgehead atoms. The molecule has 1 aromatic heterocycles. The molecular weight excluding hydrogens is 225 g/mol. The third-order valence-electron chi connectivity index (χ3n) is 2.53. The van der Waals surface area contributed by atoms with Crippen LogP contribution in [0.25, 0.3) is 0 Å². The van der Waals surface area contributed by atoms with E-state index in [4.69, 9.17) is 0 Å². The summed E-state index contributed by atoms with van der Waals surface area (Å²) in [4.78, 5) is 3.75. The number of aromatic nitrogens is 3. The Labute approximate surface area is 97.2 Å². The highest BCUT2D eigenvalue weighted by Crippen LogP contribution is 2.22. The van der Waals surface area contributed by atoms with Crippen molar-refractivity contribution in [2.24, 2.45) is 0 Å². The molecule has 1 aromatic carbocycles. The van der Waals surface area contributed by atoms with E-state index in [1.807, 2.05) is 0 Å². The second-order valence-electron chi connectivity index (χ2n) is 3.79. The molecule has 0 fully saturated rings. The second kappa shape index (κ2) is 4.60. The quantitative estimate of drug-likeness (QED) is 0.802. The molecule has 17 heavy (non-hydrogen) atoms. The highest BCUT2D eigenvalue weighted by atomic mass is 19.1. The molecule has 0 radical (unpaired) electrons. The van der Waals surface area contributed by atoms with Gasteiger partial charge in [0.05, 0.1) is 13.2 Å². The zero-order chi connectivity index (χ0) is 12.3. The van der Waals surface area contributed by atoms with Crippen LogP contribution in [0.2, 0.25) is 0 Å². The van der Waals surface area contributed by atoms with Crippen molar-refractivity contribution >= 4 is 0 Å². The summed E-state index contributed by atoms with van der Waals surface area (Å²) < 4.78 is 14.2. The molecule has 2 rings (SSSR count). The van der Waals surface area contributed by atoms with Crippen LogP contribution in [-0.2, 0) is 12.1 Å². The van der Waals surface area contributed by atoms with Gasteiger partial charge in [-0.1, -0.05) is 12.1 Å². The van der Waals surface area contributed by atoms with E-state index in [1.54, 1.807) is 0 Å². The minimum atomic E-state index is -1.50. The number of aliphatic hydroxyl groups is 2. The molecule has 2 aromatic rings. The van der Waals surface area contributed by atoms with Gasteiger partial charge >= 0.3 is 0 Å². The van der Waals surface area contributed by atoms with Gasteiger partial charge in [0.25, 0.3) is 0 Å². The molecule has 0 spiro atoms.